The summed E-state index contributed by atoms with van der Waals surface area (Å²) in [7, 11) is 0. The highest BCUT2D eigenvalue weighted by Gasteiger charge is 2.12. The molecule has 1 aromatic heterocycles. The van der Waals surface area contributed by atoms with Gasteiger partial charge in [0.25, 0.3) is 5.91 Å². The molecule has 3 N–H and O–H groups in total. The first kappa shape index (κ1) is 11.0. The molecule has 7 heteroatoms. The monoisotopic (exact) mass is 298 g/mol. The van der Waals surface area contributed by atoms with Crippen LogP contribution in [0.5, 0.6) is 0 Å². The van der Waals surface area contributed by atoms with E-state index in [1.165, 1.54) is 6.20 Å². The molecule has 2 aromatic rings. The summed E-state index contributed by atoms with van der Waals surface area (Å²) in [5.41, 5.74) is 6.69. The Bertz CT molecular complexity index is 514. The van der Waals surface area contributed by atoms with Gasteiger partial charge >= 0.3 is 0 Å². The van der Waals surface area contributed by atoms with Crippen molar-refractivity contribution >= 4 is 44.1 Å². The Morgan fingerprint density at radius 3 is 3.00 bits per heavy atom. The minimum Gasteiger partial charge on any atom is -0.398 e. The molecule has 2 rings (SSSR count). The normalized spacial score (nSPS) is 10.1. The van der Waals surface area contributed by atoms with Gasteiger partial charge in [-0.05, 0) is 28.1 Å². The van der Waals surface area contributed by atoms with Crippen LogP contribution < -0.4 is 11.1 Å². The number of hydrogen-bond acceptors (Lipinski definition) is 5. The van der Waals surface area contributed by atoms with Gasteiger partial charge < -0.3 is 11.1 Å². The fourth-order valence-corrected chi connectivity index (χ4v) is 1.99. The number of nitrogens with two attached hydrogens (primary N) is 1. The zero-order chi connectivity index (χ0) is 11.5. The third-order valence-corrected chi connectivity index (χ3v) is 3.34. The number of hydrogen-bond donors (Lipinski definition) is 2. The second-order valence-corrected chi connectivity index (χ2v) is 4.52. The second kappa shape index (κ2) is 4.58. The van der Waals surface area contributed by atoms with Crippen LogP contribution in [0.25, 0.3) is 0 Å². The number of halogens is 1. The fourth-order valence-electron chi connectivity index (χ4n) is 1.13. The standard InChI is InChI=1S/C9H7BrN4OS/c10-8-5(2-1-3-6(8)11)9(15)13-7-4-12-14-16-7/h1-4H,11H2,(H,13,15). The number of benzene rings is 1. The lowest BCUT2D eigenvalue weighted by Crippen LogP contribution is -2.12. The first-order valence-corrected chi connectivity index (χ1v) is 5.88. The molecule has 0 atom stereocenters. The average molecular weight is 299 g/mol. The van der Waals surface area contributed by atoms with Crippen molar-refractivity contribution in [3.05, 3.63) is 34.4 Å². The van der Waals surface area contributed by atoms with Crippen molar-refractivity contribution < 1.29 is 4.79 Å². The minimum atomic E-state index is -0.245. The van der Waals surface area contributed by atoms with E-state index in [9.17, 15) is 4.79 Å². The summed E-state index contributed by atoms with van der Waals surface area (Å²) >= 11 is 4.39. The number of nitrogens with one attached hydrogen (secondary N) is 1. The lowest BCUT2D eigenvalue weighted by molar-refractivity contribution is 0.102. The van der Waals surface area contributed by atoms with Crippen LogP contribution in [0.4, 0.5) is 10.7 Å². The number of aromatic nitrogens is 2. The maximum absolute atomic E-state index is 11.8. The van der Waals surface area contributed by atoms with Gasteiger partial charge in [-0.1, -0.05) is 10.6 Å². The van der Waals surface area contributed by atoms with Gasteiger partial charge in [0.05, 0.1) is 16.2 Å². The van der Waals surface area contributed by atoms with Crippen LogP contribution in [-0.2, 0) is 0 Å². The van der Waals surface area contributed by atoms with E-state index in [4.69, 9.17) is 5.73 Å². The maximum Gasteiger partial charge on any atom is 0.257 e. The number of nitrogen functional groups attached to an aromatic ring is 1. The van der Waals surface area contributed by atoms with Crippen molar-refractivity contribution in [2.75, 3.05) is 11.1 Å². The molecular weight excluding hydrogens is 292 g/mol. The Labute approximate surface area is 104 Å². The molecule has 5 nitrogen and oxygen atoms in total. The highest BCUT2D eigenvalue weighted by molar-refractivity contribution is 9.10. The highest BCUT2D eigenvalue weighted by atomic mass is 79.9. The number of rotatable bonds is 2. The van der Waals surface area contributed by atoms with Gasteiger partial charge in [0, 0.05) is 17.2 Å². The third-order valence-electron chi connectivity index (χ3n) is 1.87. The molecule has 1 aromatic carbocycles. The molecule has 0 saturated carbocycles. The minimum absolute atomic E-state index is 0.245. The molecule has 0 unspecified atom stereocenters. The van der Waals surface area contributed by atoms with E-state index in [0.717, 1.165) is 11.5 Å². The number of anilines is 2. The van der Waals surface area contributed by atoms with Crippen LogP contribution in [0.15, 0.2) is 28.9 Å². The molecule has 16 heavy (non-hydrogen) atoms. The molecule has 1 heterocycles. The topological polar surface area (TPSA) is 80.9 Å². The van der Waals surface area contributed by atoms with Gasteiger partial charge in [0.2, 0.25) is 0 Å². The molecule has 0 aliphatic carbocycles. The summed E-state index contributed by atoms with van der Waals surface area (Å²) in [6, 6.07) is 5.12. The van der Waals surface area contributed by atoms with Crippen molar-refractivity contribution in [1.29, 1.82) is 0 Å². The molecule has 0 aliphatic rings. The van der Waals surface area contributed by atoms with E-state index >= 15 is 0 Å². The molecule has 1 amide bonds. The fraction of sp³-hybridized carbons (Fsp3) is 0. The van der Waals surface area contributed by atoms with Gasteiger partial charge in [-0.15, -0.1) is 5.10 Å². The third kappa shape index (κ3) is 2.20. The lowest BCUT2D eigenvalue weighted by atomic mass is 10.2. The van der Waals surface area contributed by atoms with Crippen molar-refractivity contribution in [3.63, 3.8) is 0 Å². The van der Waals surface area contributed by atoms with E-state index in [1.807, 2.05) is 0 Å². The summed E-state index contributed by atoms with van der Waals surface area (Å²) in [6.45, 7) is 0. The number of carbonyl (C=O) groups is 1. The van der Waals surface area contributed by atoms with Crippen molar-refractivity contribution in [1.82, 2.24) is 9.59 Å². The predicted octanol–water partition coefficient (Wildman–Crippen LogP) is 2.14. The van der Waals surface area contributed by atoms with Crippen LogP contribution in [0.1, 0.15) is 10.4 Å². The van der Waals surface area contributed by atoms with Crippen molar-refractivity contribution in [2.45, 2.75) is 0 Å². The Morgan fingerprint density at radius 1 is 1.50 bits per heavy atom. The predicted molar refractivity (Wildman–Crippen MR) is 66.4 cm³/mol. The van der Waals surface area contributed by atoms with Crippen LogP contribution in [-0.4, -0.2) is 15.5 Å². The van der Waals surface area contributed by atoms with Crippen molar-refractivity contribution in [3.8, 4) is 0 Å². The van der Waals surface area contributed by atoms with Crippen LogP contribution in [0, 0.1) is 0 Å². The van der Waals surface area contributed by atoms with Crippen LogP contribution >= 0.6 is 27.5 Å². The first-order valence-electron chi connectivity index (χ1n) is 4.31. The Balaban J connectivity index is 2.24. The SMILES string of the molecule is Nc1cccc(C(=O)Nc2cnns2)c1Br. The molecule has 0 fully saturated rings. The molecule has 0 radical (unpaired) electrons. The zero-order valence-corrected chi connectivity index (χ0v) is 10.4. The van der Waals surface area contributed by atoms with E-state index in [0.29, 0.717) is 20.7 Å². The highest BCUT2D eigenvalue weighted by Crippen LogP contribution is 2.24. The first-order chi connectivity index (χ1) is 7.68. The number of nitrogens with zero attached hydrogens (tertiary/aromatic N) is 2. The summed E-state index contributed by atoms with van der Waals surface area (Å²) in [4.78, 5) is 11.8. The van der Waals surface area contributed by atoms with Crippen LogP contribution in [0.2, 0.25) is 0 Å². The zero-order valence-electron chi connectivity index (χ0n) is 7.98. The Hall–Kier alpha value is -1.47. The van der Waals surface area contributed by atoms with Crippen molar-refractivity contribution in [2.24, 2.45) is 0 Å². The van der Waals surface area contributed by atoms with E-state index < -0.39 is 0 Å². The maximum atomic E-state index is 11.8. The van der Waals surface area contributed by atoms with E-state index in [1.54, 1.807) is 18.2 Å². The second-order valence-electron chi connectivity index (χ2n) is 2.94. The molecule has 0 aliphatic heterocycles. The van der Waals surface area contributed by atoms with Gasteiger partial charge in [-0.2, -0.15) is 0 Å². The molecule has 82 valence electrons. The molecule has 0 saturated heterocycles. The summed E-state index contributed by atoms with van der Waals surface area (Å²) in [6.07, 6.45) is 1.49. The van der Waals surface area contributed by atoms with E-state index in [-0.39, 0.29) is 5.91 Å². The number of amides is 1. The summed E-state index contributed by atoms with van der Waals surface area (Å²) < 4.78 is 4.24. The van der Waals surface area contributed by atoms with Crippen LogP contribution in [0.3, 0.4) is 0 Å². The summed E-state index contributed by atoms with van der Waals surface area (Å²) in [5, 5.41) is 6.90. The molecule has 0 spiro atoms. The lowest BCUT2D eigenvalue weighted by Gasteiger charge is -2.05. The number of carbonyl (C=O) groups excluding carboxylic acids is 1. The Morgan fingerprint density at radius 2 is 2.31 bits per heavy atom. The van der Waals surface area contributed by atoms with Gasteiger partial charge in [-0.25, -0.2) is 0 Å². The summed E-state index contributed by atoms with van der Waals surface area (Å²) in [5.74, 6) is -0.245. The quantitative estimate of drug-likeness (QED) is 0.832. The van der Waals surface area contributed by atoms with Gasteiger partial charge in [0.1, 0.15) is 5.00 Å². The molecular formula is C9H7BrN4OS. The van der Waals surface area contributed by atoms with E-state index in [2.05, 4.69) is 30.8 Å². The van der Waals surface area contributed by atoms with Gasteiger partial charge in [0.15, 0.2) is 0 Å². The Kier molecular flexibility index (Phi) is 3.16. The largest absolute Gasteiger partial charge is 0.398 e. The smallest absolute Gasteiger partial charge is 0.257 e. The van der Waals surface area contributed by atoms with Gasteiger partial charge in [-0.3, -0.25) is 4.79 Å². The average Bonchev–Trinajstić information content (AvgIpc) is 2.74. The molecule has 0 bridgehead atoms.